The number of aryl methyl sites for hydroxylation is 1. The third-order valence-corrected chi connectivity index (χ3v) is 2.38. The average Bonchev–Trinajstić information content (AvgIpc) is 2.71. The number of nitrogens with one attached hydrogen (secondary N) is 1. The molecule has 0 spiro atoms. The van der Waals surface area contributed by atoms with Gasteiger partial charge in [-0.1, -0.05) is 12.1 Å². The maximum Gasteiger partial charge on any atom is 0.335 e. The van der Waals surface area contributed by atoms with E-state index in [1.807, 2.05) is 30.5 Å². The van der Waals surface area contributed by atoms with E-state index in [0.717, 1.165) is 16.8 Å². The van der Waals surface area contributed by atoms with Crippen LogP contribution in [0.1, 0.15) is 15.9 Å². The molecule has 0 aliphatic carbocycles. The quantitative estimate of drug-likeness (QED) is 0.784. The van der Waals surface area contributed by atoms with Gasteiger partial charge in [0, 0.05) is 11.9 Å². The summed E-state index contributed by atoms with van der Waals surface area (Å²) in [5, 5.41) is 8.98. The molecular formula is C12H11NO2. The lowest BCUT2D eigenvalue weighted by atomic mass is 10.0. The molecule has 0 atom stereocenters. The number of hydrogen-bond donors (Lipinski definition) is 2. The zero-order chi connectivity index (χ0) is 10.8. The van der Waals surface area contributed by atoms with Crippen LogP contribution in [0.25, 0.3) is 11.3 Å². The molecule has 3 nitrogen and oxygen atoms in total. The molecule has 1 aromatic heterocycles. The van der Waals surface area contributed by atoms with Crippen molar-refractivity contribution in [2.75, 3.05) is 0 Å². The molecule has 15 heavy (non-hydrogen) atoms. The molecule has 2 N–H and O–H groups in total. The van der Waals surface area contributed by atoms with Gasteiger partial charge < -0.3 is 10.1 Å². The summed E-state index contributed by atoms with van der Waals surface area (Å²) in [5.41, 5.74) is 2.94. The zero-order valence-electron chi connectivity index (χ0n) is 8.32. The van der Waals surface area contributed by atoms with Gasteiger partial charge in [0.2, 0.25) is 0 Å². The standard InChI is InChI=1S/C12H11NO2/c1-8-4-5-9(7-10(8)12(14)15)11-3-2-6-13-11/h2-7,13H,1H3,(H,14,15). The van der Waals surface area contributed by atoms with Crippen LogP contribution in [0.2, 0.25) is 0 Å². The number of aromatic nitrogens is 1. The summed E-state index contributed by atoms with van der Waals surface area (Å²) in [6, 6.07) is 9.21. The number of aromatic carboxylic acids is 1. The number of rotatable bonds is 2. The van der Waals surface area contributed by atoms with Gasteiger partial charge in [0.25, 0.3) is 0 Å². The molecular weight excluding hydrogens is 190 g/mol. The first-order valence-corrected chi connectivity index (χ1v) is 4.66. The predicted octanol–water partition coefficient (Wildman–Crippen LogP) is 2.69. The van der Waals surface area contributed by atoms with Crippen molar-refractivity contribution >= 4 is 5.97 Å². The number of aromatic amines is 1. The fourth-order valence-electron chi connectivity index (χ4n) is 1.53. The smallest absolute Gasteiger partial charge is 0.335 e. The van der Waals surface area contributed by atoms with Gasteiger partial charge in [-0.3, -0.25) is 0 Å². The second-order valence-corrected chi connectivity index (χ2v) is 3.42. The Morgan fingerprint density at radius 2 is 2.13 bits per heavy atom. The van der Waals surface area contributed by atoms with E-state index < -0.39 is 5.97 Å². The highest BCUT2D eigenvalue weighted by atomic mass is 16.4. The minimum Gasteiger partial charge on any atom is -0.478 e. The number of benzene rings is 1. The van der Waals surface area contributed by atoms with Gasteiger partial charge in [0.15, 0.2) is 0 Å². The van der Waals surface area contributed by atoms with E-state index in [1.54, 1.807) is 13.0 Å². The van der Waals surface area contributed by atoms with Crippen LogP contribution < -0.4 is 0 Å². The fraction of sp³-hybridized carbons (Fsp3) is 0.0833. The Morgan fingerprint density at radius 1 is 1.33 bits per heavy atom. The van der Waals surface area contributed by atoms with Gasteiger partial charge in [-0.2, -0.15) is 0 Å². The molecule has 1 aromatic carbocycles. The SMILES string of the molecule is Cc1ccc(-c2ccc[nH]2)cc1C(=O)O. The second kappa shape index (κ2) is 3.61. The molecule has 0 radical (unpaired) electrons. The topological polar surface area (TPSA) is 53.1 Å². The summed E-state index contributed by atoms with van der Waals surface area (Å²) < 4.78 is 0. The average molecular weight is 201 g/mol. The molecule has 0 saturated heterocycles. The van der Waals surface area contributed by atoms with E-state index in [-0.39, 0.29) is 0 Å². The molecule has 0 bridgehead atoms. The lowest BCUT2D eigenvalue weighted by molar-refractivity contribution is 0.0696. The first-order valence-electron chi connectivity index (χ1n) is 4.66. The molecule has 2 rings (SSSR count). The number of H-pyrrole nitrogens is 1. The van der Waals surface area contributed by atoms with E-state index in [0.29, 0.717) is 5.56 Å². The third-order valence-electron chi connectivity index (χ3n) is 2.38. The highest BCUT2D eigenvalue weighted by Crippen LogP contribution is 2.20. The van der Waals surface area contributed by atoms with Crippen molar-refractivity contribution in [3.05, 3.63) is 47.7 Å². The highest BCUT2D eigenvalue weighted by Gasteiger charge is 2.08. The first-order chi connectivity index (χ1) is 7.18. The Kier molecular flexibility index (Phi) is 2.29. The summed E-state index contributed by atoms with van der Waals surface area (Å²) in [6.45, 7) is 1.79. The van der Waals surface area contributed by atoms with Crippen LogP contribution in [-0.4, -0.2) is 16.1 Å². The van der Waals surface area contributed by atoms with Gasteiger partial charge in [0.05, 0.1) is 5.56 Å². The summed E-state index contributed by atoms with van der Waals surface area (Å²) in [7, 11) is 0. The molecule has 0 amide bonds. The lowest BCUT2D eigenvalue weighted by Crippen LogP contribution is -1.99. The molecule has 0 aliphatic rings. The molecule has 0 fully saturated rings. The normalized spacial score (nSPS) is 10.2. The van der Waals surface area contributed by atoms with Crippen molar-refractivity contribution in [2.24, 2.45) is 0 Å². The minimum absolute atomic E-state index is 0.349. The summed E-state index contributed by atoms with van der Waals surface area (Å²) in [6.07, 6.45) is 1.82. The third kappa shape index (κ3) is 1.76. The van der Waals surface area contributed by atoms with Crippen LogP contribution >= 0.6 is 0 Å². The molecule has 0 aliphatic heterocycles. The Hall–Kier alpha value is -2.03. The summed E-state index contributed by atoms with van der Waals surface area (Å²) in [4.78, 5) is 14.0. The molecule has 76 valence electrons. The van der Waals surface area contributed by atoms with E-state index in [2.05, 4.69) is 4.98 Å². The van der Waals surface area contributed by atoms with Crippen molar-refractivity contribution in [3.63, 3.8) is 0 Å². The van der Waals surface area contributed by atoms with Crippen LogP contribution in [0.15, 0.2) is 36.5 Å². The predicted molar refractivity (Wildman–Crippen MR) is 57.9 cm³/mol. The van der Waals surface area contributed by atoms with Gasteiger partial charge in [-0.15, -0.1) is 0 Å². The van der Waals surface area contributed by atoms with Gasteiger partial charge in [0.1, 0.15) is 0 Å². The molecule has 0 saturated carbocycles. The fourth-order valence-corrected chi connectivity index (χ4v) is 1.53. The van der Waals surface area contributed by atoms with Crippen molar-refractivity contribution < 1.29 is 9.90 Å². The number of carbonyl (C=O) groups is 1. The molecule has 3 heteroatoms. The second-order valence-electron chi connectivity index (χ2n) is 3.42. The van der Waals surface area contributed by atoms with Crippen molar-refractivity contribution in [1.29, 1.82) is 0 Å². The lowest BCUT2D eigenvalue weighted by Gasteiger charge is -2.03. The Balaban J connectivity index is 2.52. The van der Waals surface area contributed by atoms with E-state index in [9.17, 15) is 4.79 Å². The molecule has 0 unspecified atom stereocenters. The maximum absolute atomic E-state index is 10.9. The van der Waals surface area contributed by atoms with Crippen LogP contribution in [0.5, 0.6) is 0 Å². The maximum atomic E-state index is 10.9. The largest absolute Gasteiger partial charge is 0.478 e. The summed E-state index contributed by atoms with van der Waals surface area (Å²) in [5.74, 6) is -0.888. The van der Waals surface area contributed by atoms with E-state index >= 15 is 0 Å². The Morgan fingerprint density at radius 3 is 2.73 bits per heavy atom. The highest BCUT2D eigenvalue weighted by molar-refractivity contribution is 5.90. The van der Waals surface area contributed by atoms with Crippen LogP contribution in [0.4, 0.5) is 0 Å². The van der Waals surface area contributed by atoms with Crippen LogP contribution in [0, 0.1) is 6.92 Å². The van der Waals surface area contributed by atoms with Crippen molar-refractivity contribution in [3.8, 4) is 11.3 Å². The first kappa shape index (κ1) is 9.52. The Labute approximate surface area is 87.4 Å². The van der Waals surface area contributed by atoms with Gasteiger partial charge in [-0.05, 0) is 36.2 Å². The van der Waals surface area contributed by atoms with E-state index in [4.69, 9.17) is 5.11 Å². The van der Waals surface area contributed by atoms with Crippen molar-refractivity contribution in [1.82, 2.24) is 4.98 Å². The molecule has 2 aromatic rings. The summed E-state index contributed by atoms with van der Waals surface area (Å²) >= 11 is 0. The van der Waals surface area contributed by atoms with Crippen molar-refractivity contribution in [2.45, 2.75) is 6.92 Å². The van der Waals surface area contributed by atoms with Gasteiger partial charge in [-0.25, -0.2) is 4.79 Å². The van der Waals surface area contributed by atoms with Gasteiger partial charge >= 0.3 is 5.97 Å². The number of carboxylic acids is 1. The van der Waals surface area contributed by atoms with Crippen LogP contribution in [-0.2, 0) is 0 Å². The monoisotopic (exact) mass is 201 g/mol. The minimum atomic E-state index is -0.888. The van der Waals surface area contributed by atoms with E-state index in [1.165, 1.54) is 0 Å². The Bertz CT molecular complexity index is 486. The number of hydrogen-bond acceptors (Lipinski definition) is 1. The number of carboxylic acid groups (broad SMARTS) is 1. The van der Waals surface area contributed by atoms with Crippen LogP contribution in [0.3, 0.4) is 0 Å². The molecule has 1 heterocycles. The zero-order valence-corrected chi connectivity index (χ0v) is 8.32.